The number of aromatic nitrogens is 2. The summed E-state index contributed by atoms with van der Waals surface area (Å²) in [5.41, 5.74) is 3.59. The Bertz CT molecular complexity index is 637. The van der Waals surface area contributed by atoms with Crippen molar-refractivity contribution < 1.29 is 0 Å². The minimum Gasteiger partial charge on any atom is -0.357 e. The van der Waals surface area contributed by atoms with Gasteiger partial charge in [0, 0.05) is 34.9 Å². The molecule has 22 heavy (non-hydrogen) atoms. The molecule has 1 heterocycles. The van der Waals surface area contributed by atoms with E-state index < -0.39 is 0 Å². The second-order valence-corrected chi connectivity index (χ2v) is 5.77. The summed E-state index contributed by atoms with van der Waals surface area (Å²) in [6.45, 7) is 6.30. The Morgan fingerprint density at radius 1 is 1.05 bits per heavy atom. The van der Waals surface area contributed by atoms with Crippen molar-refractivity contribution >= 4 is 29.8 Å². The molecule has 1 aromatic heterocycles. The molecule has 3 nitrogen and oxygen atoms in total. The number of anilines is 1. The van der Waals surface area contributed by atoms with Gasteiger partial charge in [-0.2, -0.15) is 0 Å². The van der Waals surface area contributed by atoms with E-state index in [1.807, 2.05) is 24.3 Å². The Labute approximate surface area is 143 Å². The van der Waals surface area contributed by atoms with Crippen LogP contribution in [0.2, 0.25) is 5.02 Å². The lowest BCUT2D eigenvalue weighted by atomic mass is 10.1. The van der Waals surface area contributed by atoms with Gasteiger partial charge in [-0.1, -0.05) is 11.6 Å². The largest absolute Gasteiger partial charge is 0.357 e. The van der Waals surface area contributed by atoms with E-state index in [0.717, 1.165) is 48.2 Å². The summed E-state index contributed by atoms with van der Waals surface area (Å²) in [6, 6.07) is 7.77. The molecule has 0 saturated heterocycles. The number of benzene rings is 1. The van der Waals surface area contributed by atoms with Crippen LogP contribution >= 0.6 is 24.0 Å². The summed E-state index contributed by atoms with van der Waals surface area (Å²) in [4.78, 5) is 12.0. The van der Waals surface area contributed by atoms with Crippen LogP contribution in [-0.2, 0) is 12.8 Å². The molecule has 0 amide bonds. The molecule has 0 radical (unpaired) electrons. The van der Waals surface area contributed by atoms with Gasteiger partial charge in [-0.3, -0.25) is 0 Å². The number of rotatable bonds is 4. The standard InChI is InChI=1S/C17H20ClN3.ClH/c1-3-21(4-2)17-14-6-5-7-15(14)19-16(20-17)12-8-10-13(18)11-9-12;/h8-11H,3-7H2,1-2H3;1H. The van der Waals surface area contributed by atoms with E-state index >= 15 is 0 Å². The molecule has 1 aromatic carbocycles. The summed E-state index contributed by atoms with van der Waals surface area (Å²) in [6.07, 6.45) is 3.34. The predicted octanol–water partition coefficient (Wildman–Crippen LogP) is 4.55. The zero-order valence-corrected chi connectivity index (χ0v) is 14.5. The highest BCUT2D eigenvalue weighted by atomic mass is 35.5. The molecular formula is C17H21Cl2N3. The van der Waals surface area contributed by atoms with Crippen LogP contribution in [0, 0.1) is 0 Å². The van der Waals surface area contributed by atoms with Crippen molar-refractivity contribution in [2.45, 2.75) is 33.1 Å². The highest BCUT2D eigenvalue weighted by Crippen LogP contribution is 2.31. The fourth-order valence-electron chi connectivity index (χ4n) is 2.93. The van der Waals surface area contributed by atoms with Crippen molar-refractivity contribution in [3.8, 4) is 11.4 Å². The van der Waals surface area contributed by atoms with Gasteiger partial charge in [0.25, 0.3) is 0 Å². The van der Waals surface area contributed by atoms with E-state index in [0.29, 0.717) is 0 Å². The first-order valence-corrected chi connectivity index (χ1v) is 8.01. The van der Waals surface area contributed by atoms with Crippen molar-refractivity contribution in [1.29, 1.82) is 0 Å². The molecule has 0 fully saturated rings. The van der Waals surface area contributed by atoms with Gasteiger partial charge in [0.05, 0.1) is 0 Å². The molecule has 0 spiro atoms. The number of fused-ring (bicyclic) bond motifs is 1. The number of nitrogens with zero attached hydrogens (tertiary/aromatic N) is 3. The minimum absolute atomic E-state index is 0. The van der Waals surface area contributed by atoms with Gasteiger partial charge in [-0.25, -0.2) is 9.97 Å². The lowest BCUT2D eigenvalue weighted by Crippen LogP contribution is -2.25. The maximum absolute atomic E-state index is 5.97. The van der Waals surface area contributed by atoms with Crippen molar-refractivity contribution in [1.82, 2.24) is 9.97 Å². The quantitative estimate of drug-likeness (QED) is 0.819. The lowest BCUT2D eigenvalue weighted by molar-refractivity contribution is 0.829. The van der Waals surface area contributed by atoms with Crippen LogP contribution in [0.3, 0.4) is 0 Å². The highest BCUT2D eigenvalue weighted by molar-refractivity contribution is 6.30. The summed E-state index contributed by atoms with van der Waals surface area (Å²) in [7, 11) is 0. The maximum atomic E-state index is 5.97. The lowest BCUT2D eigenvalue weighted by Gasteiger charge is -2.23. The van der Waals surface area contributed by atoms with Gasteiger partial charge in [0.2, 0.25) is 0 Å². The molecule has 1 aliphatic rings. The summed E-state index contributed by atoms with van der Waals surface area (Å²) in [5.74, 6) is 1.93. The van der Waals surface area contributed by atoms with Crippen LogP contribution in [0.15, 0.2) is 24.3 Å². The Balaban J connectivity index is 0.00000176. The normalized spacial score (nSPS) is 12.7. The smallest absolute Gasteiger partial charge is 0.161 e. The molecule has 0 unspecified atom stereocenters. The molecule has 0 atom stereocenters. The Kier molecular flexibility index (Phi) is 5.65. The van der Waals surface area contributed by atoms with E-state index in [1.54, 1.807) is 0 Å². The second-order valence-electron chi connectivity index (χ2n) is 5.33. The highest BCUT2D eigenvalue weighted by Gasteiger charge is 2.22. The molecule has 0 saturated carbocycles. The predicted molar refractivity (Wildman–Crippen MR) is 95.3 cm³/mol. The van der Waals surface area contributed by atoms with Crippen molar-refractivity contribution in [3.05, 3.63) is 40.5 Å². The fraction of sp³-hybridized carbons (Fsp3) is 0.412. The van der Waals surface area contributed by atoms with Gasteiger partial charge in [-0.05, 0) is 57.4 Å². The van der Waals surface area contributed by atoms with E-state index in [2.05, 4.69) is 18.7 Å². The van der Waals surface area contributed by atoms with Crippen LogP contribution in [0.4, 0.5) is 5.82 Å². The van der Waals surface area contributed by atoms with E-state index in [1.165, 1.54) is 17.7 Å². The third-order valence-electron chi connectivity index (χ3n) is 4.08. The molecule has 2 aromatic rings. The van der Waals surface area contributed by atoms with Crippen LogP contribution in [-0.4, -0.2) is 23.1 Å². The van der Waals surface area contributed by atoms with Crippen molar-refractivity contribution in [2.24, 2.45) is 0 Å². The molecule has 0 aliphatic heterocycles. The van der Waals surface area contributed by atoms with Gasteiger partial charge in [-0.15, -0.1) is 12.4 Å². The average molecular weight is 338 g/mol. The molecule has 0 bridgehead atoms. The second kappa shape index (κ2) is 7.30. The number of hydrogen-bond acceptors (Lipinski definition) is 3. The van der Waals surface area contributed by atoms with Crippen LogP contribution < -0.4 is 4.90 Å². The molecule has 0 N–H and O–H groups in total. The van der Waals surface area contributed by atoms with Gasteiger partial charge < -0.3 is 4.90 Å². The van der Waals surface area contributed by atoms with Crippen molar-refractivity contribution in [3.63, 3.8) is 0 Å². The number of halogens is 2. The maximum Gasteiger partial charge on any atom is 0.161 e. The summed E-state index contributed by atoms with van der Waals surface area (Å²) in [5, 5.41) is 0.740. The zero-order valence-electron chi connectivity index (χ0n) is 13.0. The molecular weight excluding hydrogens is 317 g/mol. The Morgan fingerprint density at radius 3 is 2.36 bits per heavy atom. The first-order valence-electron chi connectivity index (χ1n) is 7.63. The molecule has 118 valence electrons. The van der Waals surface area contributed by atoms with E-state index in [9.17, 15) is 0 Å². The van der Waals surface area contributed by atoms with E-state index in [-0.39, 0.29) is 12.4 Å². The van der Waals surface area contributed by atoms with Gasteiger partial charge in [0.15, 0.2) is 5.82 Å². The van der Waals surface area contributed by atoms with Crippen LogP contribution in [0.1, 0.15) is 31.5 Å². The third-order valence-corrected chi connectivity index (χ3v) is 4.33. The third kappa shape index (κ3) is 3.21. The number of aryl methyl sites for hydroxylation is 1. The van der Waals surface area contributed by atoms with Crippen LogP contribution in [0.5, 0.6) is 0 Å². The molecule has 1 aliphatic carbocycles. The van der Waals surface area contributed by atoms with Gasteiger partial charge >= 0.3 is 0 Å². The average Bonchev–Trinajstić information content (AvgIpc) is 2.97. The molecule has 5 heteroatoms. The minimum atomic E-state index is 0. The topological polar surface area (TPSA) is 29.0 Å². The summed E-state index contributed by atoms with van der Waals surface area (Å²) < 4.78 is 0. The number of hydrogen-bond donors (Lipinski definition) is 0. The van der Waals surface area contributed by atoms with Crippen LogP contribution in [0.25, 0.3) is 11.4 Å². The van der Waals surface area contributed by atoms with E-state index in [4.69, 9.17) is 21.6 Å². The monoisotopic (exact) mass is 337 g/mol. The SMILES string of the molecule is CCN(CC)c1nc(-c2ccc(Cl)cc2)nc2c1CCC2.Cl. The Morgan fingerprint density at radius 2 is 1.73 bits per heavy atom. The fourth-order valence-corrected chi connectivity index (χ4v) is 3.05. The Hall–Kier alpha value is -1.32. The zero-order chi connectivity index (χ0) is 14.8. The first-order chi connectivity index (χ1) is 10.2. The first kappa shape index (κ1) is 17.0. The molecule has 3 rings (SSSR count). The van der Waals surface area contributed by atoms with Crippen molar-refractivity contribution in [2.75, 3.05) is 18.0 Å². The summed E-state index contributed by atoms with van der Waals surface area (Å²) >= 11 is 5.97. The van der Waals surface area contributed by atoms with Gasteiger partial charge in [0.1, 0.15) is 5.82 Å².